The van der Waals surface area contributed by atoms with Crippen molar-refractivity contribution < 1.29 is 4.79 Å². The summed E-state index contributed by atoms with van der Waals surface area (Å²) >= 11 is 0. The van der Waals surface area contributed by atoms with E-state index in [4.69, 9.17) is 0 Å². The van der Waals surface area contributed by atoms with Crippen molar-refractivity contribution in [2.75, 3.05) is 26.2 Å². The van der Waals surface area contributed by atoms with Crippen LogP contribution in [0.2, 0.25) is 0 Å². The van der Waals surface area contributed by atoms with Crippen molar-refractivity contribution in [2.24, 2.45) is 0 Å². The van der Waals surface area contributed by atoms with E-state index < -0.39 is 0 Å². The van der Waals surface area contributed by atoms with Gasteiger partial charge in [0.2, 0.25) is 0 Å². The van der Waals surface area contributed by atoms with Crippen molar-refractivity contribution in [3.05, 3.63) is 23.3 Å². The molecule has 1 amide bonds. The molecule has 5 heteroatoms. The Balaban J connectivity index is 1.78. The molecule has 0 aromatic carbocycles. The molecule has 3 heterocycles. The number of carbonyl (C=O) groups is 1. The predicted octanol–water partition coefficient (Wildman–Crippen LogP) is 1.49. The lowest BCUT2D eigenvalue weighted by atomic mass is 9.98. The van der Waals surface area contributed by atoms with Gasteiger partial charge in [-0.25, -0.2) is 9.97 Å². The second-order valence-corrected chi connectivity index (χ2v) is 5.77. The predicted molar refractivity (Wildman–Crippen MR) is 76.8 cm³/mol. The van der Waals surface area contributed by atoms with E-state index in [1.54, 1.807) is 6.20 Å². The minimum atomic E-state index is 0.0910. The molecule has 5 nitrogen and oxygen atoms in total. The zero-order valence-electron chi connectivity index (χ0n) is 12.1. The second kappa shape index (κ2) is 5.87. The quantitative estimate of drug-likeness (QED) is 0.887. The number of amides is 1. The van der Waals surface area contributed by atoms with Gasteiger partial charge in [0.05, 0.1) is 11.3 Å². The van der Waals surface area contributed by atoms with Gasteiger partial charge in [0.15, 0.2) is 0 Å². The first-order valence-corrected chi connectivity index (χ1v) is 7.59. The fraction of sp³-hybridized carbons (Fsp3) is 0.667. The van der Waals surface area contributed by atoms with E-state index in [1.165, 1.54) is 6.42 Å². The minimum Gasteiger partial charge on any atom is -0.339 e. The minimum absolute atomic E-state index is 0.0910. The molecule has 2 aliphatic rings. The fourth-order valence-electron chi connectivity index (χ4n) is 3.05. The molecule has 1 aromatic heterocycles. The molecule has 1 N–H and O–H groups in total. The summed E-state index contributed by atoms with van der Waals surface area (Å²) in [4.78, 5) is 23.3. The topological polar surface area (TPSA) is 58.1 Å². The Bertz CT molecular complexity index is 491. The van der Waals surface area contributed by atoms with Crippen molar-refractivity contribution in [1.29, 1.82) is 0 Å². The highest BCUT2D eigenvalue weighted by atomic mass is 16.2. The number of likely N-dealkylation sites (tertiary alicyclic amines) is 1. The van der Waals surface area contributed by atoms with E-state index in [2.05, 4.69) is 15.3 Å². The molecule has 0 bridgehead atoms. The molecular weight excluding hydrogens is 252 g/mol. The van der Waals surface area contributed by atoms with Crippen LogP contribution in [-0.4, -0.2) is 47.0 Å². The van der Waals surface area contributed by atoms with Gasteiger partial charge in [-0.05, 0) is 39.2 Å². The number of nitrogens with zero attached hydrogens (tertiary/aromatic N) is 3. The van der Waals surface area contributed by atoms with Crippen LogP contribution in [0.5, 0.6) is 0 Å². The van der Waals surface area contributed by atoms with Gasteiger partial charge in [-0.3, -0.25) is 4.79 Å². The average molecular weight is 274 g/mol. The Hall–Kier alpha value is -1.49. The number of rotatable bonds is 2. The molecule has 0 aliphatic carbocycles. The standard InChI is InChI=1S/C15H22N4O/c1-11-13(15(20)19-7-2-3-8-19)10-17-14(18-11)12-5-4-6-16-9-12/h10,12,16H,2-9H2,1H3/t12-/m1/s1. The van der Waals surface area contributed by atoms with E-state index in [0.29, 0.717) is 11.5 Å². The van der Waals surface area contributed by atoms with Crippen LogP contribution in [0, 0.1) is 6.92 Å². The molecule has 0 saturated carbocycles. The van der Waals surface area contributed by atoms with E-state index in [-0.39, 0.29) is 5.91 Å². The summed E-state index contributed by atoms with van der Waals surface area (Å²) in [5, 5.41) is 3.38. The highest BCUT2D eigenvalue weighted by molar-refractivity contribution is 5.95. The van der Waals surface area contributed by atoms with Gasteiger partial charge in [0.25, 0.3) is 5.91 Å². The van der Waals surface area contributed by atoms with Crippen LogP contribution in [-0.2, 0) is 0 Å². The van der Waals surface area contributed by atoms with Crippen LogP contribution in [0.25, 0.3) is 0 Å². The fourth-order valence-corrected chi connectivity index (χ4v) is 3.05. The summed E-state index contributed by atoms with van der Waals surface area (Å²) in [5.74, 6) is 1.36. The third kappa shape index (κ3) is 2.68. The van der Waals surface area contributed by atoms with Crippen molar-refractivity contribution in [1.82, 2.24) is 20.2 Å². The lowest BCUT2D eigenvalue weighted by Crippen LogP contribution is -2.31. The summed E-state index contributed by atoms with van der Waals surface area (Å²) in [6.07, 6.45) is 6.25. The largest absolute Gasteiger partial charge is 0.339 e. The molecule has 2 fully saturated rings. The van der Waals surface area contributed by atoms with Crippen LogP contribution in [0.4, 0.5) is 0 Å². The number of hydrogen-bond acceptors (Lipinski definition) is 4. The van der Waals surface area contributed by atoms with Crippen molar-refractivity contribution in [3.8, 4) is 0 Å². The molecule has 0 radical (unpaired) electrons. The Morgan fingerprint density at radius 3 is 2.80 bits per heavy atom. The lowest BCUT2D eigenvalue weighted by molar-refractivity contribution is 0.0791. The highest BCUT2D eigenvalue weighted by Crippen LogP contribution is 2.21. The van der Waals surface area contributed by atoms with Crippen LogP contribution in [0.15, 0.2) is 6.20 Å². The van der Waals surface area contributed by atoms with Crippen molar-refractivity contribution in [3.63, 3.8) is 0 Å². The normalized spacial score (nSPS) is 23.1. The number of carbonyl (C=O) groups excluding carboxylic acids is 1. The third-order valence-corrected chi connectivity index (χ3v) is 4.28. The van der Waals surface area contributed by atoms with Crippen molar-refractivity contribution in [2.45, 2.75) is 38.5 Å². The molecule has 3 rings (SSSR count). The summed E-state index contributed by atoms with van der Waals surface area (Å²) < 4.78 is 0. The summed E-state index contributed by atoms with van der Waals surface area (Å²) in [7, 11) is 0. The Kier molecular flexibility index (Phi) is 3.96. The Morgan fingerprint density at radius 2 is 2.15 bits per heavy atom. The smallest absolute Gasteiger partial charge is 0.257 e. The molecule has 1 aromatic rings. The molecule has 108 valence electrons. The zero-order chi connectivity index (χ0) is 13.9. The first kappa shape index (κ1) is 13.5. The van der Waals surface area contributed by atoms with Crippen LogP contribution in [0.1, 0.15) is 53.5 Å². The van der Waals surface area contributed by atoms with Gasteiger partial charge in [-0.15, -0.1) is 0 Å². The monoisotopic (exact) mass is 274 g/mol. The van der Waals surface area contributed by atoms with Crippen molar-refractivity contribution >= 4 is 5.91 Å². The summed E-state index contributed by atoms with van der Waals surface area (Å²) in [6.45, 7) is 5.68. The van der Waals surface area contributed by atoms with E-state index in [0.717, 1.165) is 57.0 Å². The molecular formula is C15H22N4O. The van der Waals surface area contributed by atoms with Crippen LogP contribution >= 0.6 is 0 Å². The number of piperidine rings is 1. The molecule has 2 aliphatic heterocycles. The molecule has 2 saturated heterocycles. The van der Waals surface area contributed by atoms with Gasteiger partial charge >= 0.3 is 0 Å². The maximum atomic E-state index is 12.4. The zero-order valence-corrected chi connectivity index (χ0v) is 12.1. The van der Waals surface area contributed by atoms with Gasteiger partial charge in [-0.2, -0.15) is 0 Å². The van der Waals surface area contributed by atoms with Gasteiger partial charge in [0.1, 0.15) is 5.82 Å². The Labute approximate surface area is 119 Å². The first-order valence-electron chi connectivity index (χ1n) is 7.59. The first-order chi connectivity index (χ1) is 9.75. The van der Waals surface area contributed by atoms with Gasteiger partial charge in [-0.1, -0.05) is 0 Å². The van der Waals surface area contributed by atoms with Gasteiger partial charge < -0.3 is 10.2 Å². The van der Waals surface area contributed by atoms with Crippen LogP contribution in [0.3, 0.4) is 0 Å². The molecule has 0 spiro atoms. The average Bonchev–Trinajstić information content (AvgIpc) is 3.01. The van der Waals surface area contributed by atoms with E-state index in [1.807, 2.05) is 11.8 Å². The Morgan fingerprint density at radius 1 is 1.35 bits per heavy atom. The third-order valence-electron chi connectivity index (χ3n) is 4.28. The number of aryl methyl sites for hydroxylation is 1. The molecule has 1 atom stereocenters. The highest BCUT2D eigenvalue weighted by Gasteiger charge is 2.24. The van der Waals surface area contributed by atoms with Gasteiger partial charge in [0, 0.05) is 31.7 Å². The summed E-state index contributed by atoms with van der Waals surface area (Å²) in [5.41, 5.74) is 1.48. The molecule has 20 heavy (non-hydrogen) atoms. The second-order valence-electron chi connectivity index (χ2n) is 5.77. The SMILES string of the molecule is Cc1nc([C@@H]2CCCNC2)ncc1C(=O)N1CCCC1. The maximum absolute atomic E-state index is 12.4. The maximum Gasteiger partial charge on any atom is 0.257 e. The van der Waals surface area contributed by atoms with E-state index in [9.17, 15) is 4.79 Å². The number of aromatic nitrogens is 2. The lowest BCUT2D eigenvalue weighted by Gasteiger charge is -2.22. The summed E-state index contributed by atoms with van der Waals surface area (Å²) in [6, 6.07) is 0. The molecule has 0 unspecified atom stereocenters. The van der Waals surface area contributed by atoms with E-state index >= 15 is 0 Å². The van der Waals surface area contributed by atoms with Crippen LogP contribution < -0.4 is 5.32 Å². The number of hydrogen-bond donors (Lipinski definition) is 1. The number of nitrogens with one attached hydrogen (secondary N) is 1.